The fraction of sp³-hybridized carbons (Fsp3) is 0.583. The van der Waals surface area contributed by atoms with Crippen LogP contribution in [0.2, 0.25) is 0 Å². The highest BCUT2D eigenvalue weighted by Gasteiger charge is 2.16. The van der Waals surface area contributed by atoms with Gasteiger partial charge >= 0.3 is 5.97 Å². The van der Waals surface area contributed by atoms with Gasteiger partial charge in [-0.15, -0.1) is 11.3 Å². The van der Waals surface area contributed by atoms with Crippen molar-refractivity contribution in [3.63, 3.8) is 0 Å². The molecule has 3 nitrogen and oxygen atoms in total. The first kappa shape index (κ1) is 13.2. The van der Waals surface area contributed by atoms with E-state index in [-0.39, 0.29) is 5.54 Å². The number of aromatic carboxylic acids is 1. The molecule has 1 rings (SSSR count). The summed E-state index contributed by atoms with van der Waals surface area (Å²) in [6.07, 6.45) is 1.04. The van der Waals surface area contributed by atoms with Crippen molar-refractivity contribution in [2.24, 2.45) is 0 Å². The molecule has 0 aromatic carbocycles. The van der Waals surface area contributed by atoms with Gasteiger partial charge in [-0.25, -0.2) is 4.79 Å². The van der Waals surface area contributed by atoms with Crippen LogP contribution >= 0.6 is 11.3 Å². The fourth-order valence-corrected chi connectivity index (χ4v) is 2.14. The second-order valence-electron chi connectivity index (χ2n) is 4.59. The lowest BCUT2D eigenvalue weighted by Crippen LogP contribution is -2.37. The van der Waals surface area contributed by atoms with Crippen molar-refractivity contribution in [1.29, 1.82) is 0 Å². The first-order valence-electron chi connectivity index (χ1n) is 5.43. The van der Waals surface area contributed by atoms with E-state index < -0.39 is 5.97 Å². The summed E-state index contributed by atoms with van der Waals surface area (Å²) in [5, 5.41) is 12.3. The second-order valence-corrected chi connectivity index (χ2v) is 5.84. The van der Waals surface area contributed by atoms with E-state index in [0.29, 0.717) is 4.88 Å². The summed E-state index contributed by atoms with van der Waals surface area (Å²) in [6.45, 7) is 9.12. The van der Waals surface area contributed by atoms with Gasteiger partial charge in [-0.1, -0.05) is 6.92 Å². The number of nitrogens with one attached hydrogen (secondary N) is 1. The third-order valence-corrected chi connectivity index (χ3v) is 3.95. The predicted octanol–water partition coefficient (Wildman–Crippen LogP) is 3.03. The van der Waals surface area contributed by atoms with Crippen LogP contribution in [-0.2, 0) is 6.54 Å². The molecule has 0 bridgehead atoms. The highest BCUT2D eigenvalue weighted by Crippen LogP contribution is 2.22. The molecule has 0 fully saturated rings. The van der Waals surface area contributed by atoms with E-state index in [1.807, 2.05) is 6.92 Å². The van der Waals surface area contributed by atoms with Gasteiger partial charge in [-0.3, -0.25) is 0 Å². The average Bonchev–Trinajstić information content (AvgIpc) is 2.57. The van der Waals surface area contributed by atoms with Gasteiger partial charge in [0.2, 0.25) is 0 Å². The Morgan fingerprint density at radius 1 is 1.56 bits per heavy atom. The third kappa shape index (κ3) is 3.32. The molecular weight excluding hydrogens is 222 g/mol. The summed E-state index contributed by atoms with van der Waals surface area (Å²) < 4.78 is 0. The Hall–Kier alpha value is -0.870. The molecule has 90 valence electrons. The molecule has 0 saturated carbocycles. The summed E-state index contributed by atoms with van der Waals surface area (Å²) >= 11 is 1.34. The fourth-order valence-electron chi connectivity index (χ4n) is 1.26. The maximum atomic E-state index is 10.8. The minimum Gasteiger partial charge on any atom is -0.477 e. The summed E-state index contributed by atoms with van der Waals surface area (Å²) in [5.74, 6) is -0.839. The van der Waals surface area contributed by atoms with Crippen LogP contribution in [0.4, 0.5) is 0 Å². The highest BCUT2D eigenvalue weighted by atomic mass is 32.1. The van der Waals surface area contributed by atoms with E-state index >= 15 is 0 Å². The Morgan fingerprint density at radius 3 is 2.62 bits per heavy atom. The lowest BCUT2D eigenvalue weighted by Gasteiger charge is -2.24. The molecule has 1 heterocycles. The minimum atomic E-state index is -0.839. The van der Waals surface area contributed by atoms with Crippen molar-refractivity contribution in [3.8, 4) is 0 Å². The molecule has 0 aliphatic heterocycles. The molecule has 0 aliphatic carbocycles. The van der Waals surface area contributed by atoms with Crippen molar-refractivity contribution in [3.05, 3.63) is 21.4 Å². The molecule has 0 amide bonds. The molecule has 0 aliphatic rings. The minimum absolute atomic E-state index is 0.0950. The smallest absolute Gasteiger partial charge is 0.345 e. The molecule has 16 heavy (non-hydrogen) atoms. The van der Waals surface area contributed by atoms with Gasteiger partial charge in [-0.2, -0.15) is 0 Å². The summed E-state index contributed by atoms with van der Waals surface area (Å²) in [6, 6.07) is 1.76. The zero-order chi connectivity index (χ0) is 12.3. The van der Waals surface area contributed by atoms with E-state index in [1.165, 1.54) is 11.3 Å². The normalized spacial score (nSPS) is 11.8. The van der Waals surface area contributed by atoms with Crippen molar-refractivity contribution in [2.75, 3.05) is 0 Å². The van der Waals surface area contributed by atoms with Gasteiger partial charge in [0.05, 0.1) is 0 Å². The first-order valence-corrected chi connectivity index (χ1v) is 6.25. The zero-order valence-electron chi connectivity index (χ0n) is 10.3. The summed E-state index contributed by atoms with van der Waals surface area (Å²) in [4.78, 5) is 12.3. The Kier molecular flexibility index (Phi) is 4.10. The average molecular weight is 241 g/mol. The van der Waals surface area contributed by atoms with Crippen LogP contribution in [0.5, 0.6) is 0 Å². The van der Waals surface area contributed by atoms with Crippen LogP contribution in [0.1, 0.15) is 47.3 Å². The number of carboxylic acids is 1. The van der Waals surface area contributed by atoms with Gasteiger partial charge in [0, 0.05) is 17.0 Å². The Bertz CT molecular complexity index is 382. The Balaban J connectivity index is 2.71. The highest BCUT2D eigenvalue weighted by molar-refractivity contribution is 7.14. The molecule has 0 radical (unpaired) electrons. The largest absolute Gasteiger partial charge is 0.477 e. The molecule has 2 N–H and O–H groups in total. The van der Waals surface area contributed by atoms with Crippen LogP contribution in [-0.4, -0.2) is 16.6 Å². The number of carbonyl (C=O) groups is 1. The van der Waals surface area contributed by atoms with E-state index in [0.717, 1.165) is 23.4 Å². The number of aryl methyl sites for hydroxylation is 1. The number of hydrogen-bond acceptors (Lipinski definition) is 3. The van der Waals surface area contributed by atoms with Crippen molar-refractivity contribution < 1.29 is 9.90 Å². The maximum absolute atomic E-state index is 10.8. The summed E-state index contributed by atoms with van der Waals surface area (Å²) in [7, 11) is 0. The van der Waals surface area contributed by atoms with Crippen LogP contribution < -0.4 is 5.32 Å². The number of hydrogen-bond donors (Lipinski definition) is 2. The van der Waals surface area contributed by atoms with E-state index in [9.17, 15) is 4.79 Å². The summed E-state index contributed by atoms with van der Waals surface area (Å²) in [5.41, 5.74) is 1.18. The molecule has 0 atom stereocenters. The zero-order valence-corrected chi connectivity index (χ0v) is 11.1. The molecular formula is C12H19NO2S. The van der Waals surface area contributed by atoms with E-state index in [2.05, 4.69) is 26.1 Å². The quantitative estimate of drug-likeness (QED) is 0.833. The molecule has 0 unspecified atom stereocenters. The predicted molar refractivity (Wildman–Crippen MR) is 67.2 cm³/mol. The monoisotopic (exact) mass is 241 g/mol. The Morgan fingerprint density at radius 2 is 2.19 bits per heavy atom. The molecule has 0 spiro atoms. The third-order valence-electron chi connectivity index (χ3n) is 2.87. The van der Waals surface area contributed by atoms with Crippen LogP contribution in [0.25, 0.3) is 0 Å². The van der Waals surface area contributed by atoms with Gasteiger partial charge in [0.1, 0.15) is 4.88 Å². The number of rotatable bonds is 5. The van der Waals surface area contributed by atoms with Crippen LogP contribution in [0, 0.1) is 6.92 Å². The lowest BCUT2D eigenvalue weighted by atomic mass is 10.0. The lowest BCUT2D eigenvalue weighted by molar-refractivity contribution is 0.0702. The standard InChI is InChI=1S/C12H19NO2S/c1-5-12(3,4)13-7-9-6-10(11(14)15)16-8(9)2/h6,13H,5,7H2,1-4H3,(H,14,15). The van der Waals surface area contributed by atoms with Gasteiger partial charge in [0.25, 0.3) is 0 Å². The van der Waals surface area contributed by atoms with E-state index in [1.54, 1.807) is 6.07 Å². The molecule has 1 aromatic rings. The molecule has 0 saturated heterocycles. The number of thiophene rings is 1. The van der Waals surface area contributed by atoms with Crippen LogP contribution in [0.3, 0.4) is 0 Å². The first-order chi connectivity index (χ1) is 7.35. The van der Waals surface area contributed by atoms with Crippen molar-refractivity contribution >= 4 is 17.3 Å². The number of carboxylic acid groups (broad SMARTS) is 1. The molecule has 4 heteroatoms. The van der Waals surface area contributed by atoms with Crippen molar-refractivity contribution in [1.82, 2.24) is 5.32 Å². The topological polar surface area (TPSA) is 49.3 Å². The van der Waals surface area contributed by atoms with Gasteiger partial charge in [-0.05, 0) is 38.8 Å². The molecule has 1 aromatic heterocycles. The SMILES string of the molecule is CCC(C)(C)NCc1cc(C(=O)O)sc1C. The maximum Gasteiger partial charge on any atom is 0.345 e. The van der Waals surface area contributed by atoms with E-state index in [4.69, 9.17) is 5.11 Å². The van der Waals surface area contributed by atoms with Crippen LogP contribution in [0.15, 0.2) is 6.07 Å². The van der Waals surface area contributed by atoms with Crippen molar-refractivity contribution in [2.45, 2.75) is 46.2 Å². The van der Waals surface area contributed by atoms with Gasteiger partial charge < -0.3 is 10.4 Å². The second kappa shape index (κ2) is 4.97. The Labute approximate surface area is 100 Å². The van der Waals surface area contributed by atoms with Gasteiger partial charge in [0.15, 0.2) is 0 Å².